The Balaban J connectivity index is 2.23. The van der Waals surface area contributed by atoms with Crippen LogP contribution in [0, 0.1) is 6.92 Å². The first-order valence-electron chi connectivity index (χ1n) is 8.96. The van der Waals surface area contributed by atoms with Gasteiger partial charge in [0.25, 0.3) is 5.91 Å². The summed E-state index contributed by atoms with van der Waals surface area (Å²) in [6, 6.07) is 3.90. The summed E-state index contributed by atoms with van der Waals surface area (Å²) < 4.78 is 27.3. The van der Waals surface area contributed by atoms with E-state index in [1.807, 2.05) is 0 Å². The van der Waals surface area contributed by atoms with Crippen LogP contribution in [0.5, 0.6) is 0 Å². The lowest BCUT2D eigenvalue weighted by molar-refractivity contribution is -0.122. The van der Waals surface area contributed by atoms with Gasteiger partial charge in [-0.05, 0) is 51.3 Å². The minimum absolute atomic E-state index is 0.151. The smallest absolute Gasteiger partial charge is 0.251 e. The van der Waals surface area contributed by atoms with Crippen molar-refractivity contribution < 1.29 is 18.0 Å². The molecule has 1 fully saturated rings. The first kappa shape index (κ1) is 20.4. The van der Waals surface area contributed by atoms with Crippen molar-refractivity contribution >= 4 is 21.8 Å². The van der Waals surface area contributed by atoms with E-state index in [1.54, 1.807) is 32.9 Å². The monoisotopic (exact) mass is 381 g/mol. The number of nitrogens with one attached hydrogen (secondary N) is 2. The van der Waals surface area contributed by atoms with E-state index >= 15 is 0 Å². The van der Waals surface area contributed by atoms with Gasteiger partial charge in [0.05, 0.1) is 4.90 Å². The molecule has 1 atom stereocenters. The van der Waals surface area contributed by atoms with Gasteiger partial charge in [0.15, 0.2) is 0 Å². The second-order valence-corrected chi connectivity index (χ2v) is 8.44. The van der Waals surface area contributed by atoms with Gasteiger partial charge in [-0.15, -0.1) is 0 Å². The topological polar surface area (TPSA) is 95.6 Å². The predicted molar refractivity (Wildman–Crippen MR) is 99.4 cm³/mol. The molecule has 0 saturated carbocycles. The SMILES string of the molecule is CCNC(=O)[C@H](C)NC(=O)c1ccc(C)c(S(=O)(=O)N2CCCCC2)c1. The fourth-order valence-corrected chi connectivity index (χ4v) is 4.70. The molecule has 26 heavy (non-hydrogen) atoms. The van der Waals surface area contributed by atoms with Gasteiger partial charge in [0.1, 0.15) is 6.04 Å². The predicted octanol–water partition coefficient (Wildman–Crippen LogP) is 1.42. The zero-order chi connectivity index (χ0) is 19.3. The Morgan fingerprint density at radius 3 is 2.46 bits per heavy atom. The lowest BCUT2D eigenvalue weighted by Crippen LogP contribution is -2.44. The minimum atomic E-state index is -3.63. The number of hydrogen-bond acceptors (Lipinski definition) is 4. The van der Waals surface area contributed by atoms with Crippen molar-refractivity contribution in [3.05, 3.63) is 29.3 Å². The van der Waals surface area contributed by atoms with Crippen molar-refractivity contribution in [1.82, 2.24) is 14.9 Å². The highest BCUT2D eigenvalue weighted by molar-refractivity contribution is 7.89. The van der Waals surface area contributed by atoms with E-state index in [9.17, 15) is 18.0 Å². The summed E-state index contributed by atoms with van der Waals surface area (Å²) in [5.41, 5.74) is 0.825. The molecule has 0 aliphatic carbocycles. The molecule has 7 nitrogen and oxygen atoms in total. The van der Waals surface area contributed by atoms with Crippen LogP contribution in [0.15, 0.2) is 23.1 Å². The average Bonchev–Trinajstić information content (AvgIpc) is 2.62. The summed E-state index contributed by atoms with van der Waals surface area (Å²) in [6.07, 6.45) is 2.73. The summed E-state index contributed by atoms with van der Waals surface area (Å²) >= 11 is 0. The van der Waals surface area contributed by atoms with Gasteiger partial charge >= 0.3 is 0 Å². The number of likely N-dealkylation sites (N-methyl/N-ethyl adjacent to an activating group) is 1. The molecule has 2 N–H and O–H groups in total. The van der Waals surface area contributed by atoms with Crippen molar-refractivity contribution in [2.24, 2.45) is 0 Å². The Bertz CT molecular complexity index is 771. The van der Waals surface area contributed by atoms with Crippen molar-refractivity contribution in [3.63, 3.8) is 0 Å². The number of amides is 2. The number of aryl methyl sites for hydroxylation is 1. The Kier molecular flexibility index (Phi) is 6.77. The molecule has 0 bridgehead atoms. The maximum Gasteiger partial charge on any atom is 0.251 e. The fourth-order valence-electron chi connectivity index (χ4n) is 2.94. The standard InChI is InChI=1S/C18H27N3O4S/c1-4-19-17(22)14(3)20-18(23)15-9-8-13(2)16(12-15)26(24,25)21-10-6-5-7-11-21/h8-9,12,14H,4-7,10-11H2,1-3H3,(H,19,22)(H,20,23)/t14-/m0/s1. The molecule has 1 aromatic carbocycles. The number of hydrogen-bond donors (Lipinski definition) is 2. The number of nitrogens with zero attached hydrogens (tertiary/aromatic N) is 1. The molecule has 1 aliphatic heterocycles. The first-order chi connectivity index (χ1) is 12.3. The molecule has 144 valence electrons. The fraction of sp³-hybridized carbons (Fsp3) is 0.556. The van der Waals surface area contributed by atoms with E-state index in [1.165, 1.54) is 10.4 Å². The normalized spacial score (nSPS) is 16.7. The maximum absolute atomic E-state index is 12.9. The van der Waals surface area contributed by atoms with E-state index < -0.39 is 22.0 Å². The quantitative estimate of drug-likeness (QED) is 0.779. The van der Waals surface area contributed by atoms with Crippen LogP contribution in [0.4, 0.5) is 0 Å². The van der Waals surface area contributed by atoms with Crippen molar-refractivity contribution in [2.45, 2.75) is 51.0 Å². The van der Waals surface area contributed by atoms with Crippen LogP contribution >= 0.6 is 0 Å². The zero-order valence-corrected chi connectivity index (χ0v) is 16.4. The van der Waals surface area contributed by atoms with Crippen molar-refractivity contribution in [3.8, 4) is 0 Å². The van der Waals surface area contributed by atoms with E-state index in [2.05, 4.69) is 10.6 Å². The van der Waals surface area contributed by atoms with Crippen LogP contribution in [0.25, 0.3) is 0 Å². The molecule has 1 saturated heterocycles. The van der Waals surface area contributed by atoms with Crippen LogP contribution in [-0.2, 0) is 14.8 Å². The van der Waals surface area contributed by atoms with Crippen LogP contribution in [0.2, 0.25) is 0 Å². The number of carbonyl (C=O) groups is 2. The van der Waals surface area contributed by atoms with Crippen LogP contribution in [-0.4, -0.2) is 50.2 Å². The summed E-state index contributed by atoms with van der Waals surface area (Å²) in [5.74, 6) is -0.757. The van der Waals surface area contributed by atoms with E-state index in [0.717, 1.165) is 19.3 Å². The van der Waals surface area contributed by atoms with Gasteiger partial charge < -0.3 is 10.6 Å². The number of benzene rings is 1. The van der Waals surface area contributed by atoms with Crippen LogP contribution < -0.4 is 10.6 Å². The van der Waals surface area contributed by atoms with E-state index in [-0.39, 0.29) is 16.4 Å². The van der Waals surface area contributed by atoms with E-state index in [4.69, 9.17) is 0 Å². The van der Waals surface area contributed by atoms with Gasteiger partial charge in [-0.3, -0.25) is 9.59 Å². The molecule has 0 spiro atoms. The highest BCUT2D eigenvalue weighted by atomic mass is 32.2. The lowest BCUT2D eigenvalue weighted by atomic mass is 10.1. The third-order valence-corrected chi connectivity index (χ3v) is 6.52. The largest absolute Gasteiger partial charge is 0.355 e. The van der Waals surface area contributed by atoms with Gasteiger partial charge in [0.2, 0.25) is 15.9 Å². The van der Waals surface area contributed by atoms with E-state index in [0.29, 0.717) is 25.2 Å². The number of piperidine rings is 1. The van der Waals surface area contributed by atoms with Crippen molar-refractivity contribution in [1.29, 1.82) is 0 Å². The highest BCUT2D eigenvalue weighted by Gasteiger charge is 2.28. The average molecular weight is 381 g/mol. The van der Waals surface area contributed by atoms with Gasteiger partial charge in [-0.25, -0.2) is 8.42 Å². The molecule has 0 aromatic heterocycles. The Morgan fingerprint density at radius 2 is 1.85 bits per heavy atom. The summed E-state index contributed by atoms with van der Waals surface area (Å²) in [7, 11) is -3.63. The molecule has 8 heteroatoms. The molecule has 2 amide bonds. The molecular formula is C18H27N3O4S. The number of sulfonamides is 1. The van der Waals surface area contributed by atoms with Crippen molar-refractivity contribution in [2.75, 3.05) is 19.6 Å². The Labute approximate surface area is 155 Å². The van der Waals surface area contributed by atoms with Gasteiger partial charge in [-0.2, -0.15) is 4.31 Å². The molecule has 0 unspecified atom stereocenters. The Morgan fingerprint density at radius 1 is 1.19 bits per heavy atom. The van der Waals surface area contributed by atoms with Gasteiger partial charge in [-0.1, -0.05) is 12.5 Å². The molecule has 2 rings (SSSR count). The third kappa shape index (κ3) is 4.62. The zero-order valence-electron chi connectivity index (χ0n) is 15.5. The van der Waals surface area contributed by atoms with Crippen LogP contribution in [0.3, 0.4) is 0 Å². The molecule has 1 heterocycles. The highest BCUT2D eigenvalue weighted by Crippen LogP contribution is 2.24. The summed E-state index contributed by atoms with van der Waals surface area (Å²) in [5, 5.41) is 5.23. The van der Waals surface area contributed by atoms with Crippen LogP contribution in [0.1, 0.15) is 49.0 Å². The lowest BCUT2D eigenvalue weighted by Gasteiger charge is -2.26. The van der Waals surface area contributed by atoms with Gasteiger partial charge in [0, 0.05) is 25.2 Å². The third-order valence-electron chi connectivity index (χ3n) is 4.48. The summed E-state index contributed by atoms with van der Waals surface area (Å²) in [6.45, 7) is 6.59. The number of carbonyl (C=O) groups excluding carboxylic acids is 2. The molecule has 1 aliphatic rings. The maximum atomic E-state index is 12.9. The Hall–Kier alpha value is -1.93. The molecular weight excluding hydrogens is 354 g/mol. The number of rotatable bonds is 6. The second-order valence-electron chi connectivity index (χ2n) is 6.53. The molecule has 1 aromatic rings. The molecule has 0 radical (unpaired) electrons. The first-order valence-corrected chi connectivity index (χ1v) is 10.4. The second kappa shape index (κ2) is 8.64. The summed E-state index contributed by atoms with van der Waals surface area (Å²) in [4.78, 5) is 24.3. The minimum Gasteiger partial charge on any atom is -0.355 e.